The van der Waals surface area contributed by atoms with Crippen LogP contribution in [0.25, 0.3) is 0 Å². The third kappa shape index (κ3) is 5.19. The number of rotatable bonds is 6. The molecule has 0 fully saturated rings. The van der Waals surface area contributed by atoms with Crippen molar-refractivity contribution in [3.63, 3.8) is 0 Å². The molecular weight excluding hydrogens is 311 g/mol. The number of nitrogens with zero attached hydrogens (tertiary/aromatic N) is 5. The minimum Gasteiger partial charge on any atom is -0.339 e. The summed E-state index contributed by atoms with van der Waals surface area (Å²) in [5.41, 5.74) is 0.343. The van der Waals surface area contributed by atoms with Gasteiger partial charge >= 0.3 is 6.18 Å². The maximum absolute atomic E-state index is 12.3. The Morgan fingerprint density at radius 1 is 1.26 bits per heavy atom. The summed E-state index contributed by atoms with van der Waals surface area (Å²) in [5.74, 6) is 1.46. The van der Waals surface area contributed by atoms with Crippen LogP contribution in [0.4, 0.5) is 19.1 Å². The largest absolute Gasteiger partial charge is 0.389 e. The highest BCUT2D eigenvalue weighted by Gasteiger charge is 2.26. The Bertz CT molecular complexity index is 641. The van der Waals surface area contributed by atoms with Gasteiger partial charge in [-0.05, 0) is 12.5 Å². The summed E-state index contributed by atoms with van der Waals surface area (Å²) >= 11 is 0. The maximum atomic E-state index is 12.3. The number of halogens is 3. The predicted octanol–water partition coefficient (Wildman–Crippen LogP) is 3.11. The summed E-state index contributed by atoms with van der Waals surface area (Å²) in [6.45, 7) is 4.18. The highest BCUT2D eigenvalue weighted by Crippen LogP contribution is 2.22. The van der Waals surface area contributed by atoms with E-state index in [2.05, 4.69) is 20.1 Å². The van der Waals surface area contributed by atoms with E-state index in [0.717, 1.165) is 0 Å². The summed E-state index contributed by atoms with van der Waals surface area (Å²) in [5, 5.41) is 3.86. The summed E-state index contributed by atoms with van der Waals surface area (Å²) in [7, 11) is 1.72. The molecule has 0 saturated heterocycles. The fraction of sp³-hybridized carbons (Fsp3) is 0.571. The van der Waals surface area contributed by atoms with Crippen LogP contribution in [0.2, 0.25) is 0 Å². The molecule has 0 N–H and O–H groups in total. The molecule has 0 aliphatic heterocycles. The molecule has 0 aromatic carbocycles. The summed E-state index contributed by atoms with van der Waals surface area (Å²) in [6, 6.07) is 1.48. The summed E-state index contributed by atoms with van der Waals surface area (Å²) in [6.07, 6.45) is -3.84. The van der Waals surface area contributed by atoms with Gasteiger partial charge in [-0.1, -0.05) is 19.0 Å². The number of hydrogen-bond donors (Lipinski definition) is 0. The topological polar surface area (TPSA) is 67.9 Å². The van der Waals surface area contributed by atoms with E-state index in [1.54, 1.807) is 11.9 Å². The van der Waals surface area contributed by atoms with Crippen LogP contribution in [0, 0.1) is 0 Å². The minimum atomic E-state index is -4.20. The van der Waals surface area contributed by atoms with Gasteiger partial charge in [-0.15, -0.1) is 0 Å². The van der Waals surface area contributed by atoms with Crippen LogP contribution in [0.3, 0.4) is 0 Å². The second-order valence-electron chi connectivity index (χ2n) is 5.52. The number of hydrogen-bond acceptors (Lipinski definition) is 6. The van der Waals surface area contributed by atoms with Crippen molar-refractivity contribution in [3.8, 4) is 0 Å². The third-order valence-corrected chi connectivity index (χ3v) is 3.06. The van der Waals surface area contributed by atoms with Crippen molar-refractivity contribution in [3.05, 3.63) is 29.7 Å². The van der Waals surface area contributed by atoms with Crippen LogP contribution in [0.5, 0.6) is 0 Å². The molecular formula is C14H18F3N5O. The van der Waals surface area contributed by atoms with Crippen molar-refractivity contribution in [2.75, 3.05) is 11.9 Å². The van der Waals surface area contributed by atoms with E-state index in [1.165, 1.54) is 12.3 Å². The Morgan fingerprint density at radius 2 is 2.00 bits per heavy atom. The first-order valence-corrected chi connectivity index (χ1v) is 7.17. The Hall–Kier alpha value is -2.19. The molecule has 0 amide bonds. The van der Waals surface area contributed by atoms with Gasteiger partial charge in [0.15, 0.2) is 5.82 Å². The molecule has 0 aliphatic rings. The van der Waals surface area contributed by atoms with E-state index in [-0.39, 0.29) is 12.3 Å². The molecule has 2 aromatic rings. The molecule has 0 radical (unpaired) electrons. The third-order valence-electron chi connectivity index (χ3n) is 3.06. The molecule has 0 atom stereocenters. The SMILES string of the molecule is CC(C)c1nc(CN(C)c2nccc(CCC(F)(F)F)n2)no1. The van der Waals surface area contributed by atoms with Gasteiger partial charge < -0.3 is 9.42 Å². The second kappa shape index (κ2) is 6.93. The van der Waals surface area contributed by atoms with Gasteiger partial charge in [-0.25, -0.2) is 9.97 Å². The number of alkyl halides is 3. The van der Waals surface area contributed by atoms with E-state index >= 15 is 0 Å². The van der Waals surface area contributed by atoms with Crippen molar-refractivity contribution in [1.82, 2.24) is 20.1 Å². The van der Waals surface area contributed by atoms with Crippen molar-refractivity contribution in [2.24, 2.45) is 0 Å². The van der Waals surface area contributed by atoms with Crippen LogP contribution in [0.1, 0.15) is 43.6 Å². The van der Waals surface area contributed by atoms with Gasteiger partial charge in [-0.2, -0.15) is 18.2 Å². The lowest BCUT2D eigenvalue weighted by Gasteiger charge is -2.15. The van der Waals surface area contributed by atoms with E-state index in [4.69, 9.17) is 4.52 Å². The van der Waals surface area contributed by atoms with Crippen LogP contribution < -0.4 is 4.90 Å². The highest BCUT2D eigenvalue weighted by atomic mass is 19.4. The van der Waals surface area contributed by atoms with Gasteiger partial charge in [-0.3, -0.25) is 0 Å². The first kappa shape index (κ1) is 17.2. The van der Waals surface area contributed by atoms with E-state index in [0.29, 0.717) is 29.9 Å². The first-order valence-electron chi connectivity index (χ1n) is 7.17. The predicted molar refractivity (Wildman–Crippen MR) is 76.9 cm³/mol. The van der Waals surface area contributed by atoms with Gasteiger partial charge in [0.2, 0.25) is 11.8 Å². The lowest BCUT2D eigenvalue weighted by Crippen LogP contribution is -2.20. The number of aromatic nitrogens is 4. The molecule has 0 unspecified atom stereocenters. The molecule has 6 nitrogen and oxygen atoms in total. The Labute approximate surface area is 131 Å². The molecule has 0 saturated carbocycles. The average Bonchev–Trinajstić information content (AvgIpc) is 2.93. The quantitative estimate of drug-likeness (QED) is 0.811. The summed E-state index contributed by atoms with van der Waals surface area (Å²) in [4.78, 5) is 14.1. The van der Waals surface area contributed by atoms with Crippen LogP contribution in [-0.2, 0) is 13.0 Å². The molecule has 0 bridgehead atoms. The number of aryl methyl sites for hydroxylation is 1. The standard InChI is InChI=1S/C14H18F3N5O/c1-9(2)12-20-11(21-23-12)8-22(3)13-18-7-5-10(19-13)4-6-14(15,16)17/h5,7,9H,4,6,8H2,1-3H3. The van der Waals surface area contributed by atoms with Crippen LogP contribution in [-0.4, -0.2) is 33.3 Å². The van der Waals surface area contributed by atoms with Crippen molar-refractivity contribution >= 4 is 5.95 Å². The average molecular weight is 329 g/mol. The maximum Gasteiger partial charge on any atom is 0.389 e. The second-order valence-corrected chi connectivity index (χ2v) is 5.52. The molecule has 2 aromatic heterocycles. The van der Waals surface area contributed by atoms with Crippen LogP contribution >= 0.6 is 0 Å². The molecule has 126 valence electrons. The van der Waals surface area contributed by atoms with Gasteiger partial charge in [0.05, 0.1) is 6.54 Å². The zero-order valence-electron chi connectivity index (χ0n) is 13.1. The van der Waals surface area contributed by atoms with Crippen molar-refractivity contribution in [2.45, 2.75) is 45.3 Å². The van der Waals surface area contributed by atoms with Gasteiger partial charge in [0.25, 0.3) is 0 Å². The van der Waals surface area contributed by atoms with Crippen LogP contribution in [0.15, 0.2) is 16.8 Å². The molecule has 23 heavy (non-hydrogen) atoms. The first-order chi connectivity index (χ1) is 10.7. The zero-order valence-corrected chi connectivity index (χ0v) is 13.1. The molecule has 2 heterocycles. The van der Waals surface area contributed by atoms with Gasteiger partial charge in [0, 0.05) is 31.3 Å². The fourth-order valence-electron chi connectivity index (χ4n) is 1.83. The monoisotopic (exact) mass is 329 g/mol. The van der Waals surface area contributed by atoms with E-state index in [9.17, 15) is 13.2 Å². The minimum absolute atomic E-state index is 0.128. The fourth-order valence-corrected chi connectivity index (χ4v) is 1.83. The smallest absolute Gasteiger partial charge is 0.339 e. The van der Waals surface area contributed by atoms with Gasteiger partial charge in [0.1, 0.15) is 0 Å². The molecule has 0 spiro atoms. The normalized spacial score (nSPS) is 12.0. The Morgan fingerprint density at radius 3 is 2.61 bits per heavy atom. The Kier molecular flexibility index (Phi) is 5.17. The van der Waals surface area contributed by atoms with E-state index in [1.807, 2.05) is 13.8 Å². The lowest BCUT2D eigenvalue weighted by molar-refractivity contribution is -0.134. The van der Waals surface area contributed by atoms with E-state index < -0.39 is 12.6 Å². The lowest BCUT2D eigenvalue weighted by atomic mass is 10.2. The van der Waals surface area contributed by atoms with Crippen molar-refractivity contribution in [1.29, 1.82) is 0 Å². The molecule has 2 rings (SSSR count). The Balaban J connectivity index is 2.02. The zero-order chi connectivity index (χ0) is 17.0. The molecule has 9 heteroatoms. The number of anilines is 1. The van der Waals surface area contributed by atoms with Crippen molar-refractivity contribution < 1.29 is 17.7 Å². The highest BCUT2D eigenvalue weighted by molar-refractivity contribution is 5.29. The summed E-state index contributed by atoms with van der Waals surface area (Å²) < 4.78 is 41.9. The molecule has 0 aliphatic carbocycles.